The lowest BCUT2D eigenvalue weighted by Gasteiger charge is -2.26. The van der Waals surface area contributed by atoms with Gasteiger partial charge in [-0.2, -0.15) is 0 Å². The highest BCUT2D eigenvalue weighted by Crippen LogP contribution is 2.55. The van der Waals surface area contributed by atoms with Crippen molar-refractivity contribution in [1.29, 1.82) is 0 Å². The van der Waals surface area contributed by atoms with Gasteiger partial charge >= 0.3 is 27.2 Å². The second kappa shape index (κ2) is 5.31. The highest BCUT2D eigenvalue weighted by Gasteiger charge is 2.63. The average molecular weight is 459 g/mol. The highest BCUT2D eigenvalue weighted by molar-refractivity contribution is 6.09. The first-order valence-corrected chi connectivity index (χ1v) is 11.1. The van der Waals surface area contributed by atoms with E-state index >= 15 is 0 Å². The molecule has 2 bridgehead atoms. The summed E-state index contributed by atoms with van der Waals surface area (Å²) in [6.07, 6.45) is 1.73. The fourth-order valence-electron chi connectivity index (χ4n) is 5.04. The molecule has 5 heteroatoms. The van der Waals surface area contributed by atoms with Gasteiger partial charge in [-0.15, -0.1) is 0 Å². The zero-order valence-electron chi connectivity index (χ0n) is 13.9. The first-order chi connectivity index (χ1) is 12.7. The summed E-state index contributed by atoms with van der Waals surface area (Å²) >= 11 is -0.344. The van der Waals surface area contributed by atoms with Gasteiger partial charge in [-0.05, 0) is 43.2 Å². The molecular formula is C21H16IO4+. The van der Waals surface area contributed by atoms with Crippen molar-refractivity contribution in [2.75, 3.05) is 0 Å². The second-order valence-electron chi connectivity index (χ2n) is 7.53. The molecule has 2 aliphatic heterocycles. The third-order valence-electron chi connectivity index (χ3n) is 6.19. The third-order valence-corrected chi connectivity index (χ3v) is 9.23. The number of rotatable bonds is 2. The van der Waals surface area contributed by atoms with E-state index in [0.717, 1.165) is 33.3 Å². The molecule has 130 valence electrons. The number of esters is 1. The van der Waals surface area contributed by atoms with Crippen LogP contribution in [0.15, 0.2) is 42.5 Å². The number of hydrogen-bond donors (Lipinski definition) is 0. The van der Waals surface area contributed by atoms with Crippen LogP contribution in [0.3, 0.4) is 0 Å². The number of hydrogen-bond acceptors (Lipinski definition) is 4. The number of fused-ring (bicyclic) bond motifs is 3. The molecule has 2 aromatic carbocycles. The molecule has 0 N–H and O–H groups in total. The van der Waals surface area contributed by atoms with Crippen LogP contribution in [0.5, 0.6) is 5.75 Å². The Kier molecular flexibility index (Phi) is 3.11. The molecule has 0 spiro atoms. The van der Waals surface area contributed by atoms with Gasteiger partial charge in [0.15, 0.2) is 0 Å². The van der Waals surface area contributed by atoms with E-state index in [-0.39, 0.29) is 51.1 Å². The van der Waals surface area contributed by atoms with Crippen molar-refractivity contribution in [2.45, 2.75) is 25.0 Å². The molecule has 4 aliphatic rings. The minimum atomic E-state index is -0.344. The van der Waals surface area contributed by atoms with Crippen molar-refractivity contribution in [2.24, 2.45) is 17.8 Å². The van der Waals surface area contributed by atoms with Crippen molar-refractivity contribution in [1.82, 2.24) is 0 Å². The van der Waals surface area contributed by atoms with Crippen LogP contribution in [0.1, 0.15) is 28.8 Å². The summed E-state index contributed by atoms with van der Waals surface area (Å²) in [5.41, 5.74) is 1.61. The van der Waals surface area contributed by atoms with Gasteiger partial charge in [-0.25, -0.2) is 0 Å². The number of carbonyl (C=O) groups is 2. The molecule has 1 saturated heterocycles. The van der Waals surface area contributed by atoms with Crippen molar-refractivity contribution >= 4 is 11.8 Å². The molecule has 0 radical (unpaired) electrons. The summed E-state index contributed by atoms with van der Waals surface area (Å²) in [7, 11) is 0. The Bertz CT molecular complexity index is 968. The Morgan fingerprint density at radius 3 is 2.77 bits per heavy atom. The zero-order valence-corrected chi connectivity index (χ0v) is 16.0. The predicted octanol–water partition coefficient (Wildman–Crippen LogP) is -0.312. The van der Waals surface area contributed by atoms with Crippen LogP contribution in [-0.4, -0.2) is 24.0 Å². The Morgan fingerprint density at radius 2 is 1.85 bits per heavy atom. The zero-order chi connectivity index (χ0) is 17.4. The maximum atomic E-state index is 12.9. The number of benzene rings is 2. The normalized spacial score (nSPS) is 33.0. The van der Waals surface area contributed by atoms with E-state index in [0.29, 0.717) is 11.8 Å². The molecule has 26 heavy (non-hydrogen) atoms. The van der Waals surface area contributed by atoms with Crippen LogP contribution >= 0.6 is 0 Å². The summed E-state index contributed by atoms with van der Waals surface area (Å²) in [4.78, 5) is 24.8. The summed E-state index contributed by atoms with van der Waals surface area (Å²) in [6.45, 7) is 0. The molecular weight excluding hydrogens is 443 g/mol. The minimum Gasteiger partial charge on any atom is -0.486 e. The third kappa shape index (κ3) is 2.00. The smallest absolute Gasteiger partial charge is 0.359 e. The van der Waals surface area contributed by atoms with Crippen LogP contribution in [0.2, 0.25) is 0 Å². The van der Waals surface area contributed by atoms with E-state index in [1.54, 1.807) is 0 Å². The quantitative estimate of drug-likeness (QED) is 0.390. The molecule has 0 amide bonds. The monoisotopic (exact) mass is 459 g/mol. The Morgan fingerprint density at radius 1 is 1.00 bits per heavy atom. The summed E-state index contributed by atoms with van der Waals surface area (Å²) in [5.74, 6) is 1.58. The second-order valence-corrected chi connectivity index (χ2v) is 10.4. The maximum Gasteiger partial charge on any atom is 0.359 e. The molecule has 5 unspecified atom stereocenters. The van der Waals surface area contributed by atoms with Crippen LogP contribution in [0.4, 0.5) is 0 Å². The Labute approximate surface area is 161 Å². The van der Waals surface area contributed by atoms with Gasteiger partial charge in [0, 0.05) is 11.8 Å². The molecule has 2 saturated carbocycles. The van der Waals surface area contributed by atoms with E-state index < -0.39 is 0 Å². The molecule has 6 rings (SSSR count). The number of carbonyl (C=O) groups excluding carboxylic acids is 2. The lowest BCUT2D eigenvalue weighted by Crippen LogP contribution is -3.62. The first-order valence-electron chi connectivity index (χ1n) is 8.99. The Hall–Kier alpha value is -1.89. The van der Waals surface area contributed by atoms with Crippen LogP contribution in [0.25, 0.3) is 0 Å². The molecule has 3 fully saturated rings. The van der Waals surface area contributed by atoms with Gasteiger partial charge in [0.2, 0.25) is 12.9 Å². The summed E-state index contributed by atoms with van der Waals surface area (Å²) in [5, 5.41) is 0. The van der Waals surface area contributed by atoms with Gasteiger partial charge < -0.3 is 9.47 Å². The van der Waals surface area contributed by atoms with E-state index in [2.05, 4.69) is 6.07 Å². The first kappa shape index (κ1) is 15.2. The van der Waals surface area contributed by atoms with Crippen molar-refractivity contribution in [3.8, 4) is 5.75 Å². The highest BCUT2D eigenvalue weighted by atomic mass is 127. The number of ketones is 1. The molecule has 2 heterocycles. The van der Waals surface area contributed by atoms with Crippen LogP contribution in [-0.2, 0) is 9.53 Å². The SMILES string of the molecule is O=C1c2ccccc2[I+]c2ccc(OC3C4CC5C(=O)OC3C5C4)cc21. The van der Waals surface area contributed by atoms with E-state index in [1.807, 2.05) is 36.4 Å². The molecule has 0 aromatic heterocycles. The lowest BCUT2D eigenvalue weighted by molar-refractivity contribution is -0.599. The molecule has 2 aliphatic carbocycles. The van der Waals surface area contributed by atoms with Crippen LogP contribution < -0.4 is 25.9 Å². The number of halogens is 1. The molecule has 5 atom stereocenters. The van der Waals surface area contributed by atoms with E-state index in [9.17, 15) is 9.59 Å². The number of ether oxygens (including phenoxy) is 2. The van der Waals surface area contributed by atoms with Crippen molar-refractivity contribution in [3.63, 3.8) is 0 Å². The van der Waals surface area contributed by atoms with Gasteiger partial charge in [0.05, 0.1) is 17.0 Å². The van der Waals surface area contributed by atoms with E-state index in [1.165, 1.54) is 3.57 Å². The average Bonchev–Trinajstić information content (AvgIpc) is 3.28. The predicted molar refractivity (Wildman–Crippen MR) is 87.7 cm³/mol. The standard InChI is InChI=1S/C21H16IO4/c23-18-12-3-1-2-4-16(12)22-17-6-5-11(9-15(17)18)25-19-10-7-13-14(8-10)21(24)26-20(13)19/h1-6,9-10,13-14,19-20H,7-8H2/q+1. The molecule has 2 aromatic rings. The van der Waals surface area contributed by atoms with Crippen molar-refractivity contribution in [3.05, 3.63) is 60.7 Å². The van der Waals surface area contributed by atoms with E-state index in [4.69, 9.17) is 9.47 Å². The summed E-state index contributed by atoms with van der Waals surface area (Å²) < 4.78 is 14.2. The maximum absolute atomic E-state index is 12.9. The minimum absolute atomic E-state index is 0.0458. The van der Waals surface area contributed by atoms with Gasteiger partial charge in [0.1, 0.15) is 18.0 Å². The molecule has 4 nitrogen and oxygen atoms in total. The largest absolute Gasteiger partial charge is 0.486 e. The fraction of sp³-hybridized carbons (Fsp3) is 0.333. The summed E-state index contributed by atoms with van der Waals surface area (Å²) in [6, 6.07) is 13.8. The van der Waals surface area contributed by atoms with Crippen LogP contribution in [0, 0.1) is 24.9 Å². The van der Waals surface area contributed by atoms with Crippen molar-refractivity contribution < 1.29 is 40.3 Å². The topological polar surface area (TPSA) is 52.6 Å². The van der Waals surface area contributed by atoms with Gasteiger partial charge in [-0.1, -0.05) is 12.1 Å². The fourth-order valence-corrected chi connectivity index (χ4v) is 7.82. The van der Waals surface area contributed by atoms with Gasteiger partial charge in [0.25, 0.3) is 0 Å². The lowest BCUT2D eigenvalue weighted by atomic mass is 9.88. The Balaban J connectivity index is 1.31. The van der Waals surface area contributed by atoms with Gasteiger partial charge in [-0.3, -0.25) is 9.59 Å².